The van der Waals surface area contributed by atoms with Gasteiger partial charge in [0.1, 0.15) is 5.00 Å². The predicted molar refractivity (Wildman–Crippen MR) is 100.0 cm³/mol. The molecule has 3 rings (SSSR count). The van der Waals surface area contributed by atoms with Gasteiger partial charge in [-0.05, 0) is 42.9 Å². The van der Waals surface area contributed by atoms with Gasteiger partial charge in [0.25, 0.3) is 5.91 Å². The van der Waals surface area contributed by atoms with Gasteiger partial charge in [0.05, 0.1) is 18.2 Å². The lowest BCUT2D eigenvalue weighted by Gasteiger charge is -2.18. The molecule has 1 unspecified atom stereocenters. The number of hydrogen-bond donors (Lipinski definition) is 1. The summed E-state index contributed by atoms with van der Waals surface area (Å²) < 4.78 is 9.90. The van der Waals surface area contributed by atoms with E-state index in [1.807, 2.05) is 0 Å². The van der Waals surface area contributed by atoms with Crippen LogP contribution in [0.15, 0.2) is 24.5 Å². The predicted octanol–water partition coefficient (Wildman–Crippen LogP) is 2.85. The van der Waals surface area contributed by atoms with Crippen molar-refractivity contribution >= 4 is 34.2 Å². The lowest BCUT2D eigenvalue weighted by molar-refractivity contribution is -0.119. The topological polar surface area (TPSA) is 94.6 Å². The molecule has 2 aromatic heterocycles. The Morgan fingerprint density at radius 1 is 1.33 bits per heavy atom. The Kier molecular flexibility index (Phi) is 5.85. The molecule has 1 aliphatic rings. The fourth-order valence-corrected chi connectivity index (χ4v) is 4.43. The summed E-state index contributed by atoms with van der Waals surface area (Å²) in [6.07, 6.45) is 5.55. The van der Waals surface area contributed by atoms with Crippen molar-refractivity contribution in [1.29, 1.82) is 0 Å². The second-order valence-corrected chi connectivity index (χ2v) is 7.52. The van der Waals surface area contributed by atoms with Gasteiger partial charge < -0.3 is 14.8 Å². The smallest absolute Gasteiger partial charge is 0.341 e. The molecule has 7 nitrogen and oxygen atoms in total. The van der Waals surface area contributed by atoms with Crippen LogP contribution in [0.1, 0.15) is 44.5 Å². The first-order chi connectivity index (χ1) is 13.0. The molecule has 0 radical (unpaired) electrons. The number of fused-ring (bicyclic) bond motifs is 1. The van der Waals surface area contributed by atoms with Gasteiger partial charge in [0.2, 0.25) is 0 Å². The Morgan fingerprint density at radius 3 is 2.85 bits per heavy atom. The van der Waals surface area contributed by atoms with Gasteiger partial charge >= 0.3 is 11.9 Å². The maximum Gasteiger partial charge on any atom is 0.341 e. The number of hydrogen-bond acceptors (Lipinski definition) is 7. The molecule has 1 N–H and O–H groups in total. The Balaban J connectivity index is 1.70. The van der Waals surface area contributed by atoms with Crippen LogP contribution < -0.4 is 5.32 Å². The number of ether oxygens (including phenoxy) is 2. The highest BCUT2D eigenvalue weighted by atomic mass is 32.1. The summed E-state index contributed by atoms with van der Waals surface area (Å²) in [5.41, 5.74) is 1.63. The van der Waals surface area contributed by atoms with E-state index in [-0.39, 0.29) is 5.56 Å². The van der Waals surface area contributed by atoms with E-state index in [1.165, 1.54) is 30.8 Å². The molecule has 2 aromatic rings. The van der Waals surface area contributed by atoms with Crippen molar-refractivity contribution in [3.05, 3.63) is 46.1 Å². The number of amides is 1. The van der Waals surface area contributed by atoms with Gasteiger partial charge in [-0.3, -0.25) is 9.78 Å². The first kappa shape index (κ1) is 19.0. The average Bonchev–Trinajstić information content (AvgIpc) is 3.02. The number of anilines is 1. The number of aromatic nitrogens is 1. The van der Waals surface area contributed by atoms with Crippen LogP contribution in [-0.2, 0) is 27.1 Å². The number of nitrogens with one attached hydrogen (secondary N) is 1. The minimum Gasteiger partial charge on any atom is -0.465 e. The van der Waals surface area contributed by atoms with Gasteiger partial charge in [0.15, 0.2) is 6.61 Å². The summed E-state index contributed by atoms with van der Waals surface area (Å²) in [5.74, 6) is -1.08. The number of methoxy groups -OCH3 is 1. The van der Waals surface area contributed by atoms with E-state index in [0.29, 0.717) is 16.5 Å². The normalized spacial score (nSPS) is 15.6. The fraction of sp³-hybridized carbons (Fsp3) is 0.368. The third kappa shape index (κ3) is 4.33. The Labute approximate surface area is 160 Å². The largest absolute Gasteiger partial charge is 0.465 e. The molecule has 0 bridgehead atoms. The van der Waals surface area contributed by atoms with Crippen LogP contribution in [0.25, 0.3) is 0 Å². The first-order valence-corrected chi connectivity index (χ1v) is 9.41. The number of rotatable bonds is 5. The molecule has 1 amide bonds. The SMILES string of the molecule is COC(=O)c1c(NC(=O)COC(=O)c2cccnc2)sc2c1CCC(C)C2. The van der Waals surface area contributed by atoms with Crippen molar-refractivity contribution in [2.45, 2.75) is 26.2 Å². The van der Waals surface area contributed by atoms with Crippen LogP contribution in [0.5, 0.6) is 0 Å². The van der Waals surface area contributed by atoms with E-state index in [0.717, 1.165) is 29.7 Å². The second kappa shape index (κ2) is 8.30. The Bertz CT molecular complexity index is 862. The summed E-state index contributed by atoms with van der Waals surface area (Å²) in [4.78, 5) is 41.3. The molecule has 0 aromatic carbocycles. The third-order valence-corrected chi connectivity index (χ3v) is 5.56. The van der Waals surface area contributed by atoms with Gasteiger partial charge in [-0.1, -0.05) is 6.92 Å². The van der Waals surface area contributed by atoms with E-state index < -0.39 is 24.5 Å². The zero-order chi connectivity index (χ0) is 19.4. The van der Waals surface area contributed by atoms with Gasteiger partial charge in [-0.25, -0.2) is 9.59 Å². The molecule has 0 saturated carbocycles. The monoisotopic (exact) mass is 388 g/mol. The van der Waals surface area contributed by atoms with Crippen LogP contribution in [-0.4, -0.2) is 36.5 Å². The lowest BCUT2D eigenvalue weighted by atomic mass is 9.88. The van der Waals surface area contributed by atoms with E-state index in [9.17, 15) is 14.4 Å². The van der Waals surface area contributed by atoms with Crippen LogP contribution in [0.3, 0.4) is 0 Å². The molecular weight excluding hydrogens is 368 g/mol. The fourth-order valence-electron chi connectivity index (χ4n) is 3.02. The van der Waals surface area contributed by atoms with Crippen molar-refractivity contribution in [1.82, 2.24) is 4.98 Å². The van der Waals surface area contributed by atoms with Gasteiger partial charge in [0, 0.05) is 17.3 Å². The summed E-state index contributed by atoms with van der Waals surface area (Å²) in [5, 5.41) is 3.14. The Hall–Kier alpha value is -2.74. The van der Waals surface area contributed by atoms with Crippen molar-refractivity contribution in [2.24, 2.45) is 5.92 Å². The molecular formula is C19H20N2O5S. The van der Waals surface area contributed by atoms with Crippen molar-refractivity contribution in [3.8, 4) is 0 Å². The zero-order valence-corrected chi connectivity index (χ0v) is 15.9. The molecule has 1 atom stereocenters. The highest BCUT2D eigenvalue weighted by molar-refractivity contribution is 7.17. The second-order valence-electron chi connectivity index (χ2n) is 6.41. The molecule has 27 heavy (non-hydrogen) atoms. The first-order valence-electron chi connectivity index (χ1n) is 8.59. The Morgan fingerprint density at radius 2 is 2.15 bits per heavy atom. The maximum atomic E-state index is 12.2. The minimum absolute atomic E-state index is 0.265. The maximum absolute atomic E-state index is 12.2. The summed E-state index contributed by atoms with van der Waals surface area (Å²) in [6.45, 7) is 1.71. The highest BCUT2D eigenvalue weighted by Gasteiger charge is 2.29. The summed E-state index contributed by atoms with van der Waals surface area (Å²) >= 11 is 1.39. The van der Waals surface area contributed by atoms with Crippen molar-refractivity contribution in [2.75, 3.05) is 19.0 Å². The van der Waals surface area contributed by atoms with Crippen molar-refractivity contribution in [3.63, 3.8) is 0 Å². The molecule has 1 aliphatic carbocycles. The van der Waals surface area contributed by atoms with Crippen LogP contribution in [0, 0.1) is 5.92 Å². The van der Waals surface area contributed by atoms with E-state index in [2.05, 4.69) is 17.2 Å². The number of pyridine rings is 1. The number of carbonyl (C=O) groups excluding carboxylic acids is 3. The molecule has 0 fully saturated rings. The average molecular weight is 388 g/mol. The molecule has 8 heteroatoms. The molecule has 0 aliphatic heterocycles. The van der Waals surface area contributed by atoms with Gasteiger partial charge in [-0.15, -0.1) is 11.3 Å². The van der Waals surface area contributed by atoms with Gasteiger partial charge in [-0.2, -0.15) is 0 Å². The quantitative estimate of drug-likeness (QED) is 0.792. The van der Waals surface area contributed by atoms with Crippen LogP contribution >= 0.6 is 11.3 Å². The highest BCUT2D eigenvalue weighted by Crippen LogP contribution is 2.39. The van der Waals surface area contributed by atoms with E-state index in [1.54, 1.807) is 12.1 Å². The molecule has 2 heterocycles. The van der Waals surface area contributed by atoms with E-state index in [4.69, 9.17) is 9.47 Å². The van der Waals surface area contributed by atoms with Crippen LogP contribution in [0.4, 0.5) is 5.00 Å². The summed E-state index contributed by atoms with van der Waals surface area (Å²) in [7, 11) is 1.32. The summed E-state index contributed by atoms with van der Waals surface area (Å²) in [6, 6.07) is 3.16. The number of carbonyl (C=O) groups is 3. The molecule has 0 spiro atoms. The third-order valence-electron chi connectivity index (χ3n) is 4.39. The van der Waals surface area contributed by atoms with Crippen LogP contribution in [0.2, 0.25) is 0 Å². The van der Waals surface area contributed by atoms with Crippen molar-refractivity contribution < 1.29 is 23.9 Å². The number of esters is 2. The lowest BCUT2D eigenvalue weighted by Crippen LogP contribution is -2.22. The number of thiophene rings is 1. The molecule has 142 valence electrons. The zero-order valence-electron chi connectivity index (χ0n) is 15.1. The standard InChI is InChI=1S/C19H20N2O5S/c1-11-5-6-13-14(8-11)27-17(16(13)19(24)25-2)21-15(22)10-26-18(23)12-4-3-7-20-9-12/h3-4,7,9,11H,5-6,8,10H2,1-2H3,(H,21,22). The minimum atomic E-state index is -0.634. The molecule has 0 saturated heterocycles. The van der Waals surface area contributed by atoms with E-state index >= 15 is 0 Å². The number of nitrogens with zero attached hydrogens (tertiary/aromatic N) is 1.